The third kappa shape index (κ3) is 6.98. The quantitative estimate of drug-likeness (QED) is 0.645. The van der Waals surface area contributed by atoms with Crippen LogP contribution in [0.2, 0.25) is 5.02 Å². The van der Waals surface area contributed by atoms with Gasteiger partial charge < -0.3 is 10.1 Å². The van der Waals surface area contributed by atoms with Gasteiger partial charge in [-0.3, -0.25) is 10.1 Å². The molecule has 0 spiro atoms. The Kier molecular flexibility index (Phi) is 8.31. The first-order valence-corrected chi connectivity index (χ1v) is 9.76. The van der Waals surface area contributed by atoms with Crippen LogP contribution in [0, 0.1) is 0 Å². The highest BCUT2D eigenvalue weighted by atomic mass is 35.5. The lowest BCUT2D eigenvalue weighted by Gasteiger charge is -2.08. The molecule has 0 aliphatic heterocycles. The number of thioether (sulfide) groups is 1. The number of anilines is 1. The van der Waals surface area contributed by atoms with Gasteiger partial charge in [-0.15, -0.1) is 0 Å². The minimum atomic E-state index is -0.538. The summed E-state index contributed by atoms with van der Waals surface area (Å²) >= 11 is 7.59. The first kappa shape index (κ1) is 20.1. The molecule has 26 heavy (non-hydrogen) atoms. The van der Waals surface area contributed by atoms with E-state index in [-0.39, 0.29) is 5.91 Å². The van der Waals surface area contributed by atoms with Gasteiger partial charge in [0, 0.05) is 34.3 Å². The molecule has 0 fully saturated rings. The number of rotatable bonds is 8. The number of ether oxygens (including phenoxy) is 1. The van der Waals surface area contributed by atoms with Crippen LogP contribution in [0.1, 0.15) is 22.8 Å². The predicted octanol–water partition coefficient (Wildman–Crippen LogP) is 4.57. The Labute approximate surface area is 162 Å². The number of halogens is 1. The Balaban J connectivity index is 1.73. The van der Waals surface area contributed by atoms with Crippen molar-refractivity contribution in [3.05, 3.63) is 64.7 Å². The smallest absolute Gasteiger partial charge is 0.411 e. The van der Waals surface area contributed by atoms with Gasteiger partial charge in [-0.05, 0) is 42.8 Å². The highest BCUT2D eigenvalue weighted by molar-refractivity contribution is 7.98. The van der Waals surface area contributed by atoms with Crippen molar-refractivity contribution in [2.75, 3.05) is 24.2 Å². The molecule has 2 aromatic carbocycles. The predicted molar refractivity (Wildman–Crippen MR) is 107 cm³/mol. The normalized spacial score (nSPS) is 10.2. The van der Waals surface area contributed by atoms with Crippen molar-refractivity contribution in [2.24, 2.45) is 0 Å². The summed E-state index contributed by atoms with van der Waals surface area (Å²) in [4.78, 5) is 23.6. The molecule has 2 N–H and O–H groups in total. The molecule has 2 rings (SSSR count). The second kappa shape index (κ2) is 10.7. The molecule has 0 aliphatic rings. The molecule has 0 radical (unpaired) electrons. The minimum Gasteiger partial charge on any atom is -0.450 e. The first-order valence-electron chi connectivity index (χ1n) is 8.22. The Morgan fingerprint density at radius 3 is 2.65 bits per heavy atom. The van der Waals surface area contributed by atoms with Gasteiger partial charge in [-0.1, -0.05) is 29.8 Å². The van der Waals surface area contributed by atoms with Crippen LogP contribution < -0.4 is 10.6 Å². The van der Waals surface area contributed by atoms with Crippen LogP contribution in [0.15, 0.2) is 48.5 Å². The Morgan fingerprint density at radius 2 is 1.92 bits per heavy atom. The SMILES string of the molecule is CCOC(=O)Nc1cccc(C(=O)NCCSCc2ccc(Cl)cc2)c1. The lowest BCUT2D eigenvalue weighted by atomic mass is 10.2. The molecule has 7 heteroatoms. The van der Waals surface area contributed by atoms with Crippen molar-refractivity contribution in [3.8, 4) is 0 Å². The van der Waals surface area contributed by atoms with E-state index in [1.165, 1.54) is 5.56 Å². The largest absolute Gasteiger partial charge is 0.450 e. The van der Waals surface area contributed by atoms with Gasteiger partial charge in [0.05, 0.1) is 6.61 Å². The maximum absolute atomic E-state index is 12.2. The van der Waals surface area contributed by atoms with E-state index in [2.05, 4.69) is 10.6 Å². The van der Waals surface area contributed by atoms with Gasteiger partial charge in [0.1, 0.15) is 0 Å². The minimum absolute atomic E-state index is 0.176. The third-order valence-electron chi connectivity index (χ3n) is 3.36. The third-order valence-corrected chi connectivity index (χ3v) is 4.64. The average molecular weight is 393 g/mol. The van der Waals surface area contributed by atoms with Gasteiger partial charge in [0.2, 0.25) is 0 Å². The molecule has 0 heterocycles. The molecular weight excluding hydrogens is 372 g/mol. The van der Waals surface area contributed by atoms with Crippen LogP contribution in [0.3, 0.4) is 0 Å². The Bertz CT molecular complexity index is 738. The van der Waals surface area contributed by atoms with Crippen LogP contribution in [-0.4, -0.2) is 30.9 Å². The van der Waals surface area contributed by atoms with E-state index in [1.807, 2.05) is 24.3 Å². The summed E-state index contributed by atoms with van der Waals surface area (Å²) in [6, 6.07) is 14.5. The number of nitrogens with one attached hydrogen (secondary N) is 2. The van der Waals surface area contributed by atoms with Crippen molar-refractivity contribution >= 4 is 41.1 Å². The van der Waals surface area contributed by atoms with E-state index in [9.17, 15) is 9.59 Å². The molecule has 0 aromatic heterocycles. The lowest BCUT2D eigenvalue weighted by molar-refractivity contribution is 0.0956. The number of hydrogen-bond acceptors (Lipinski definition) is 4. The van der Waals surface area contributed by atoms with E-state index in [0.717, 1.165) is 16.5 Å². The molecule has 5 nitrogen and oxygen atoms in total. The Morgan fingerprint density at radius 1 is 1.15 bits per heavy atom. The van der Waals surface area contributed by atoms with E-state index in [0.29, 0.717) is 24.4 Å². The zero-order valence-electron chi connectivity index (χ0n) is 14.5. The molecule has 0 bridgehead atoms. The van der Waals surface area contributed by atoms with Crippen molar-refractivity contribution < 1.29 is 14.3 Å². The van der Waals surface area contributed by atoms with Crippen molar-refractivity contribution in [2.45, 2.75) is 12.7 Å². The fraction of sp³-hybridized carbons (Fsp3) is 0.263. The van der Waals surface area contributed by atoms with E-state index >= 15 is 0 Å². The number of carbonyl (C=O) groups is 2. The molecule has 2 amide bonds. The molecule has 0 saturated heterocycles. The van der Waals surface area contributed by atoms with Crippen LogP contribution in [0.4, 0.5) is 10.5 Å². The van der Waals surface area contributed by atoms with Gasteiger partial charge >= 0.3 is 6.09 Å². The van der Waals surface area contributed by atoms with Gasteiger partial charge in [-0.2, -0.15) is 11.8 Å². The number of benzene rings is 2. The fourth-order valence-electron chi connectivity index (χ4n) is 2.13. The highest BCUT2D eigenvalue weighted by Gasteiger charge is 2.08. The summed E-state index contributed by atoms with van der Waals surface area (Å²) in [5.41, 5.74) is 2.21. The van der Waals surface area contributed by atoms with Crippen LogP contribution in [0.5, 0.6) is 0 Å². The van der Waals surface area contributed by atoms with Crippen molar-refractivity contribution in [3.63, 3.8) is 0 Å². The summed E-state index contributed by atoms with van der Waals surface area (Å²) in [5.74, 6) is 1.49. The fourth-order valence-corrected chi connectivity index (χ4v) is 3.08. The average Bonchev–Trinajstić information content (AvgIpc) is 2.63. The topological polar surface area (TPSA) is 67.4 Å². The standard InChI is InChI=1S/C19H21ClN2O3S/c1-2-25-19(24)22-17-5-3-4-15(12-17)18(23)21-10-11-26-13-14-6-8-16(20)9-7-14/h3-9,12H,2,10-11,13H2,1H3,(H,21,23)(H,22,24). The molecule has 0 saturated carbocycles. The van der Waals surface area contributed by atoms with E-state index in [1.54, 1.807) is 43.0 Å². The second-order valence-electron chi connectivity index (χ2n) is 5.36. The van der Waals surface area contributed by atoms with Crippen molar-refractivity contribution in [1.82, 2.24) is 5.32 Å². The summed E-state index contributed by atoms with van der Waals surface area (Å²) in [6.45, 7) is 2.58. The summed E-state index contributed by atoms with van der Waals surface area (Å²) in [5, 5.41) is 6.18. The molecule has 0 aliphatic carbocycles. The van der Waals surface area contributed by atoms with Crippen LogP contribution in [0.25, 0.3) is 0 Å². The first-order chi connectivity index (χ1) is 12.6. The zero-order chi connectivity index (χ0) is 18.8. The summed E-state index contributed by atoms with van der Waals surface area (Å²) in [7, 11) is 0. The van der Waals surface area contributed by atoms with Crippen molar-refractivity contribution in [1.29, 1.82) is 0 Å². The van der Waals surface area contributed by atoms with E-state index in [4.69, 9.17) is 16.3 Å². The summed E-state index contributed by atoms with van der Waals surface area (Å²) in [6.07, 6.45) is -0.538. The molecule has 0 atom stereocenters. The monoisotopic (exact) mass is 392 g/mol. The summed E-state index contributed by atoms with van der Waals surface area (Å²) < 4.78 is 4.82. The molecule has 138 valence electrons. The van der Waals surface area contributed by atoms with Gasteiger partial charge in [0.15, 0.2) is 0 Å². The maximum atomic E-state index is 12.2. The van der Waals surface area contributed by atoms with Gasteiger partial charge in [-0.25, -0.2) is 4.79 Å². The lowest BCUT2D eigenvalue weighted by Crippen LogP contribution is -2.26. The second-order valence-corrected chi connectivity index (χ2v) is 6.90. The molecule has 2 aromatic rings. The Hall–Kier alpha value is -2.18. The highest BCUT2D eigenvalue weighted by Crippen LogP contribution is 2.15. The van der Waals surface area contributed by atoms with E-state index < -0.39 is 6.09 Å². The number of carbonyl (C=O) groups excluding carboxylic acids is 2. The number of hydrogen-bond donors (Lipinski definition) is 2. The molecular formula is C19H21ClN2O3S. The van der Waals surface area contributed by atoms with Crippen LogP contribution in [-0.2, 0) is 10.5 Å². The zero-order valence-corrected chi connectivity index (χ0v) is 16.0. The van der Waals surface area contributed by atoms with Gasteiger partial charge in [0.25, 0.3) is 5.91 Å². The van der Waals surface area contributed by atoms with Crippen LogP contribution >= 0.6 is 23.4 Å². The number of amides is 2. The maximum Gasteiger partial charge on any atom is 0.411 e. The molecule has 0 unspecified atom stereocenters.